The molecule has 1 saturated heterocycles. The largest absolute Gasteiger partial charge is 0.388 e. The molecule has 21 heavy (non-hydrogen) atoms. The molecule has 2 rings (SSSR count). The van der Waals surface area contributed by atoms with Crippen LogP contribution in [0.5, 0.6) is 0 Å². The van der Waals surface area contributed by atoms with E-state index >= 15 is 0 Å². The highest BCUT2D eigenvalue weighted by Crippen LogP contribution is 2.25. The van der Waals surface area contributed by atoms with Gasteiger partial charge in [0.15, 0.2) is 0 Å². The summed E-state index contributed by atoms with van der Waals surface area (Å²) in [5.74, 6) is 0.871. The van der Waals surface area contributed by atoms with E-state index in [9.17, 15) is 5.11 Å². The molecule has 0 saturated carbocycles. The van der Waals surface area contributed by atoms with Gasteiger partial charge in [-0.1, -0.05) is 0 Å². The van der Waals surface area contributed by atoms with Crippen molar-refractivity contribution < 1.29 is 9.84 Å². The van der Waals surface area contributed by atoms with Gasteiger partial charge in [0.05, 0.1) is 24.4 Å². The number of hydrogen-bond acceptors (Lipinski definition) is 7. The van der Waals surface area contributed by atoms with Gasteiger partial charge in [0.2, 0.25) is 17.2 Å². The molecule has 2 N–H and O–H groups in total. The number of nitrogens with zero attached hydrogens (tertiary/aromatic N) is 4. The number of aromatic nitrogens is 3. The lowest BCUT2D eigenvalue weighted by molar-refractivity contribution is 0.0237. The Morgan fingerprint density at radius 1 is 1.14 bits per heavy atom. The Kier molecular flexibility index (Phi) is 4.55. The Hall–Kier alpha value is -1.18. The van der Waals surface area contributed by atoms with Crippen molar-refractivity contribution in [2.75, 3.05) is 36.5 Å². The maximum absolute atomic E-state index is 10.2. The molecule has 1 aliphatic rings. The average molecular weight is 316 g/mol. The average Bonchev–Trinajstić information content (AvgIpc) is 2.37. The van der Waals surface area contributed by atoms with Crippen molar-refractivity contribution in [1.82, 2.24) is 15.0 Å². The molecular weight excluding hydrogens is 294 g/mol. The van der Waals surface area contributed by atoms with Crippen molar-refractivity contribution in [2.45, 2.75) is 38.8 Å². The summed E-state index contributed by atoms with van der Waals surface area (Å²) in [5, 5.41) is 13.4. The molecule has 1 aromatic rings. The van der Waals surface area contributed by atoms with Crippen molar-refractivity contribution in [3.63, 3.8) is 0 Å². The van der Waals surface area contributed by atoms with Crippen LogP contribution in [0.15, 0.2) is 0 Å². The Labute approximate surface area is 129 Å². The summed E-state index contributed by atoms with van der Waals surface area (Å²) in [6.45, 7) is 9.92. The van der Waals surface area contributed by atoms with Gasteiger partial charge in [-0.3, -0.25) is 0 Å². The van der Waals surface area contributed by atoms with Gasteiger partial charge in [-0.2, -0.15) is 15.0 Å². The van der Waals surface area contributed by atoms with Crippen LogP contribution in [-0.4, -0.2) is 57.5 Å². The molecule has 8 heteroatoms. The van der Waals surface area contributed by atoms with Gasteiger partial charge in [-0.05, 0) is 39.3 Å². The van der Waals surface area contributed by atoms with E-state index in [4.69, 9.17) is 16.3 Å². The minimum Gasteiger partial charge on any atom is -0.388 e. The van der Waals surface area contributed by atoms with Gasteiger partial charge < -0.3 is 20.1 Å². The first-order chi connectivity index (χ1) is 9.69. The first kappa shape index (κ1) is 16.2. The monoisotopic (exact) mass is 315 g/mol. The molecule has 0 aromatic carbocycles. The highest BCUT2D eigenvalue weighted by Gasteiger charge is 2.36. The number of ether oxygens (including phenoxy) is 1. The third kappa shape index (κ3) is 3.93. The fourth-order valence-electron chi connectivity index (χ4n) is 1.73. The Balaban J connectivity index is 2.22. The number of anilines is 2. The van der Waals surface area contributed by atoms with Gasteiger partial charge in [-0.25, -0.2) is 0 Å². The van der Waals surface area contributed by atoms with Crippen LogP contribution in [0, 0.1) is 0 Å². The third-order valence-corrected chi connectivity index (χ3v) is 4.01. The molecule has 7 nitrogen and oxygen atoms in total. The summed E-state index contributed by atoms with van der Waals surface area (Å²) >= 11 is 5.99. The van der Waals surface area contributed by atoms with Gasteiger partial charge in [0, 0.05) is 13.1 Å². The predicted molar refractivity (Wildman–Crippen MR) is 81.9 cm³/mol. The molecule has 0 spiro atoms. The molecule has 2 heterocycles. The molecule has 0 unspecified atom stereocenters. The highest BCUT2D eigenvalue weighted by atomic mass is 35.5. The zero-order valence-electron chi connectivity index (χ0n) is 12.9. The van der Waals surface area contributed by atoms with Gasteiger partial charge in [0.25, 0.3) is 0 Å². The van der Waals surface area contributed by atoms with E-state index in [1.54, 1.807) is 13.8 Å². The summed E-state index contributed by atoms with van der Waals surface area (Å²) in [7, 11) is 0. The summed E-state index contributed by atoms with van der Waals surface area (Å²) in [6, 6.07) is 0. The van der Waals surface area contributed by atoms with Crippen molar-refractivity contribution in [1.29, 1.82) is 0 Å². The summed E-state index contributed by atoms with van der Waals surface area (Å²) in [4.78, 5) is 14.6. The van der Waals surface area contributed by atoms with Crippen LogP contribution in [0.1, 0.15) is 27.7 Å². The van der Waals surface area contributed by atoms with Crippen molar-refractivity contribution in [3.8, 4) is 0 Å². The van der Waals surface area contributed by atoms with Crippen molar-refractivity contribution in [2.24, 2.45) is 0 Å². The predicted octanol–water partition coefficient (Wildman–Crippen LogP) is 1.32. The number of aliphatic hydroxyl groups is 1. The molecule has 0 radical (unpaired) electrons. The minimum absolute atomic E-state index is 0.125. The third-order valence-electron chi connectivity index (χ3n) is 3.84. The number of morpholine rings is 1. The number of nitrogens with one attached hydrogen (secondary N) is 1. The second kappa shape index (κ2) is 5.90. The van der Waals surface area contributed by atoms with E-state index < -0.39 is 11.1 Å². The van der Waals surface area contributed by atoms with Crippen LogP contribution in [0.2, 0.25) is 5.28 Å². The Morgan fingerprint density at radius 2 is 1.76 bits per heavy atom. The molecule has 1 aliphatic heterocycles. The molecule has 0 aliphatic carbocycles. The molecular formula is C13H22ClN5O2. The molecule has 118 valence electrons. The quantitative estimate of drug-likeness (QED) is 0.867. The zero-order valence-corrected chi connectivity index (χ0v) is 13.6. The lowest BCUT2D eigenvalue weighted by Crippen LogP contribution is -2.51. The van der Waals surface area contributed by atoms with Crippen LogP contribution < -0.4 is 10.2 Å². The minimum atomic E-state index is -0.953. The highest BCUT2D eigenvalue weighted by molar-refractivity contribution is 6.28. The van der Waals surface area contributed by atoms with Gasteiger partial charge in [0.1, 0.15) is 0 Å². The van der Waals surface area contributed by atoms with E-state index in [1.807, 2.05) is 18.7 Å². The maximum atomic E-state index is 10.2. The molecule has 1 fully saturated rings. The van der Waals surface area contributed by atoms with E-state index in [0.717, 1.165) is 0 Å². The molecule has 1 aromatic heterocycles. The second-order valence-electron chi connectivity index (χ2n) is 6.14. The molecule has 0 amide bonds. The zero-order chi connectivity index (χ0) is 15.7. The van der Waals surface area contributed by atoms with Crippen LogP contribution in [0.4, 0.5) is 11.9 Å². The van der Waals surface area contributed by atoms with Crippen LogP contribution in [-0.2, 0) is 4.74 Å². The maximum Gasteiger partial charge on any atom is 0.231 e. The SMILES string of the molecule is CC(C)(O)C(C)(C)Nc1nc(Cl)nc(N2CCOCC2)n1. The first-order valence-electron chi connectivity index (χ1n) is 6.94. The number of hydrogen-bond donors (Lipinski definition) is 2. The fraction of sp³-hybridized carbons (Fsp3) is 0.769. The standard InChI is InChI=1S/C13H22ClN5O2/c1-12(2,13(3,4)20)18-10-15-9(14)16-11(17-10)19-5-7-21-8-6-19/h20H,5-8H2,1-4H3,(H,15,16,17,18). The fourth-order valence-corrected chi connectivity index (χ4v) is 1.89. The Bertz CT molecular complexity index is 498. The first-order valence-corrected chi connectivity index (χ1v) is 7.32. The summed E-state index contributed by atoms with van der Waals surface area (Å²) in [6.07, 6.45) is 0. The summed E-state index contributed by atoms with van der Waals surface area (Å²) < 4.78 is 5.31. The Morgan fingerprint density at radius 3 is 2.33 bits per heavy atom. The van der Waals surface area contributed by atoms with Crippen molar-refractivity contribution in [3.05, 3.63) is 5.28 Å². The lowest BCUT2D eigenvalue weighted by Gasteiger charge is -2.38. The normalized spacial score (nSPS) is 17.0. The van der Waals surface area contributed by atoms with E-state index in [0.29, 0.717) is 38.2 Å². The summed E-state index contributed by atoms with van der Waals surface area (Å²) in [5.41, 5.74) is -1.58. The van der Waals surface area contributed by atoms with Crippen LogP contribution in [0.3, 0.4) is 0 Å². The number of rotatable bonds is 4. The lowest BCUT2D eigenvalue weighted by atomic mass is 9.86. The smallest absolute Gasteiger partial charge is 0.231 e. The van der Waals surface area contributed by atoms with Gasteiger partial charge in [-0.15, -0.1) is 0 Å². The van der Waals surface area contributed by atoms with Crippen molar-refractivity contribution >= 4 is 23.5 Å². The van der Waals surface area contributed by atoms with Crippen LogP contribution in [0.25, 0.3) is 0 Å². The van der Waals surface area contributed by atoms with Gasteiger partial charge >= 0.3 is 0 Å². The van der Waals surface area contributed by atoms with E-state index in [-0.39, 0.29) is 5.28 Å². The second-order valence-corrected chi connectivity index (χ2v) is 6.47. The van der Waals surface area contributed by atoms with E-state index in [1.165, 1.54) is 0 Å². The molecule has 0 atom stereocenters. The topological polar surface area (TPSA) is 83.4 Å². The number of halogens is 1. The molecule has 0 bridgehead atoms. The van der Waals surface area contributed by atoms with E-state index in [2.05, 4.69) is 20.3 Å². The van der Waals surface area contributed by atoms with Crippen LogP contribution >= 0.6 is 11.6 Å².